The largest absolute Gasteiger partial charge is 0.756 e. The summed E-state index contributed by atoms with van der Waals surface area (Å²) in [6.45, 7) is 4.56. The zero-order valence-corrected chi connectivity index (χ0v) is 49.5. The lowest BCUT2D eigenvalue weighted by Crippen LogP contribution is -2.45. The van der Waals surface area contributed by atoms with Crippen LogP contribution in [-0.4, -0.2) is 68.5 Å². The molecule has 0 fully saturated rings. The number of likely N-dealkylation sites (N-methyl/N-ethyl adjacent to an activating group) is 1. The predicted molar refractivity (Wildman–Crippen MR) is 316 cm³/mol. The SMILES string of the molecule is CC/C=C\C/C=C\C/C=C\C/C=C\C/C=C\CCCCCCCCCCCCCCCCCCCC(=O)NC(COP(=O)([O-])OCC[N+](C)(C)C)C(O)/C=C/CCCCCCCCCCCCCCCCCC. The van der Waals surface area contributed by atoms with Crippen LogP contribution in [0, 0.1) is 0 Å². The van der Waals surface area contributed by atoms with Crippen molar-refractivity contribution in [2.75, 3.05) is 40.9 Å². The topological polar surface area (TPSA) is 108 Å². The van der Waals surface area contributed by atoms with E-state index in [1.54, 1.807) is 6.08 Å². The first-order chi connectivity index (χ1) is 35.5. The zero-order valence-electron chi connectivity index (χ0n) is 48.6. The normalized spacial score (nSPS) is 14.3. The van der Waals surface area contributed by atoms with Gasteiger partial charge in [-0.2, -0.15) is 0 Å². The van der Waals surface area contributed by atoms with E-state index in [4.69, 9.17) is 9.05 Å². The number of nitrogens with one attached hydrogen (secondary N) is 1. The number of amides is 1. The van der Waals surface area contributed by atoms with Crippen molar-refractivity contribution in [3.63, 3.8) is 0 Å². The maximum Gasteiger partial charge on any atom is 0.268 e. The second-order valence-electron chi connectivity index (χ2n) is 22.0. The van der Waals surface area contributed by atoms with Gasteiger partial charge in [0.1, 0.15) is 13.2 Å². The lowest BCUT2D eigenvalue weighted by Gasteiger charge is -2.29. The van der Waals surface area contributed by atoms with E-state index in [2.05, 4.69) is 79.9 Å². The monoisotopic (exact) mass is 1040 g/mol. The first-order valence-corrected chi connectivity index (χ1v) is 32.3. The van der Waals surface area contributed by atoms with Crippen LogP contribution in [0.15, 0.2) is 72.9 Å². The number of nitrogens with zero attached hydrogens (tertiary/aromatic N) is 1. The van der Waals surface area contributed by atoms with Crippen molar-refractivity contribution >= 4 is 13.7 Å². The summed E-state index contributed by atoms with van der Waals surface area (Å²) in [4.78, 5) is 25.5. The van der Waals surface area contributed by atoms with Gasteiger partial charge < -0.3 is 28.8 Å². The number of hydrogen-bond donors (Lipinski definition) is 2. The standard InChI is InChI=1S/C64H119N2O6P/c1-6-8-10-12-14-16-18-20-22-24-26-27-28-29-30-31-32-33-34-35-36-37-38-39-40-42-44-46-48-50-52-54-56-58-64(68)65-62(61-72-73(69,70)71-60-59-66(3,4)5)63(67)57-55-53-51-49-47-45-43-41-25-23-21-19-17-15-13-11-9-7-2/h8,10,14,16,20,22,26-27,29-30,55,57,62-63,67H,6-7,9,11-13,15,17-19,21,23-25,28,31-54,56,58-61H2,1-5H3,(H-,65,68,69,70)/b10-8-,16-14-,22-20-,27-26-,30-29-,57-55+. The van der Waals surface area contributed by atoms with E-state index < -0.39 is 20.0 Å². The molecule has 0 rings (SSSR count). The third kappa shape index (κ3) is 57.5. The van der Waals surface area contributed by atoms with Crippen molar-refractivity contribution in [3.8, 4) is 0 Å². The second-order valence-corrected chi connectivity index (χ2v) is 23.4. The highest BCUT2D eigenvalue weighted by Crippen LogP contribution is 2.38. The van der Waals surface area contributed by atoms with Crippen molar-refractivity contribution in [2.24, 2.45) is 0 Å². The molecule has 0 saturated carbocycles. The Morgan fingerprint density at radius 3 is 1.22 bits per heavy atom. The highest BCUT2D eigenvalue weighted by atomic mass is 31.2. The second kappa shape index (κ2) is 54.7. The molecule has 0 aromatic carbocycles. The van der Waals surface area contributed by atoms with Gasteiger partial charge in [0, 0.05) is 6.42 Å². The molecule has 0 aliphatic carbocycles. The number of aliphatic hydroxyl groups is 1. The summed E-state index contributed by atoms with van der Waals surface area (Å²) in [5, 5.41) is 13.9. The Morgan fingerprint density at radius 2 is 0.836 bits per heavy atom. The molecule has 3 atom stereocenters. The van der Waals surface area contributed by atoms with Gasteiger partial charge in [-0.3, -0.25) is 9.36 Å². The first-order valence-electron chi connectivity index (χ1n) is 30.8. The lowest BCUT2D eigenvalue weighted by atomic mass is 10.0. The van der Waals surface area contributed by atoms with E-state index in [1.165, 1.54) is 186 Å². The number of aliphatic hydroxyl groups excluding tert-OH is 1. The minimum atomic E-state index is -4.60. The van der Waals surface area contributed by atoms with Gasteiger partial charge in [-0.05, 0) is 64.2 Å². The van der Waals surface area contributed by atoms with Crippen LogP contribution in [0.5, 0.6) is 0 Å². The molecule has 0 aliphatic rings. The molecule has 426 valence electrons. The van der Waals surface area contributed by atoms with E-state index in [0.717, 1.165) is 70.6 Å². The number of quaternary nitrogens is 1. The maximum atomic E-state index is 13.0. The molecule has 1 amide bonds. The number of allylic oxidation sites excluding steroid dienone is 11. The molecule has 0 radical (unpaired) electrons. The summed E-state index contributed by atoms with van der Waals surface area (Å²) in [7, 11) is 1.27. The number of rotatable bonds is 56. The van der Waals surface area contributed by atoms with Crippen LogP contribution in [-0.2, 0) is 18.4 Å². The van der Waals surface area contributed by atoms with E-state index in [-0.39, 0.29) is 19.1 Å². The average Bonchev–Trinajstić information content (AvgIpc) is 3.35. The van der Waals surface area contributed by atoms with Crippen molar-refractivity contribution in [3.05, 3.63) is 72.9 Å². The summed E-state index contributed by atoms with van der Waals surface area (Å²) in [6, 6.07) is -0.889. The van der Waals surface area contributed by atoms with Crippen molar-refractivity contribution in [2.45, 2.75) is 289 Å². The number of carbonyl (C=O) groups is 1. The summed E-state index contributed by atoms with van der Waals surface area (Å²) >= 11 is 0. The Balaban J connectivity index is 4.08. The van der Waals surface area contributed by atoms with Crippen molar-refractivity contribution < 1.29 is 32.9 Å². The molecule has 9 heteroatoms. The van der Waals surface area contributed by atoms with Crippen LogP contribution in [0.1, 0.15) is 277 Å². The Hall–Kier alpha value is -2.06. The quantitative estimate of drug-likeness (QED) is 0.0272. The van der Waals surface area contributed by atoms with E-state index in [0.29, 0.717) is 17.4 Å². The third-order valence-electron chi connectivity index (χ3n) is 13.7. The van der Waals surface area contributed by atoms with Gasteiger partial charge in [-0.1, -0.05) is 279 Å². The van der Waals surface area contributed by atoms with E-state index >= 15 is 0 Å². The van der Waals surface area contributed by atoms with Gasteiger partial charge in [0.2, 0.25) is 5.91 Å². The van der Waals surface area contributed by atoms with Crippen molar-refractivity contribution in [1.82, 2.24) is 5.32 Å². The van der Waals surface area contributed by atoms with Crippen LogP contribution in [0.3, 0.4) is 0 Å². The molecule has 2 N–H and O–H groups in total. The van der Waals surface area contributed by atoms with Crippen LogP contribution in [0.4, 0.5) is 0 Å². The highest BCUT2D eigenvalue weighted by Gasteiger charge is 2.23. The summed E-state index contributed by atoms with van der Waals surface area (Å²) < 4.78 is 23.4. The number of unbranched alkanes of at least 4 members (excludes halogenated alkanes) is 33. The summed E-state index contributed by atoms with van der Waals surface area (Å²) in [6.07, 6.45) is 75.6. The lowest BCUT2D eigenvalue weighted by molar-refractivity contribution is -0.870. The maximum absolute atomic E-state index is 13.0. The number of hydrogen-bond acceptors (Lipinski definition) is 6. The molecule has 0 spiro atoms. The Morgan fingerprint density at radius 1 is 0.493 bits per heavy atom. The molecule has 0 aromatic rings. The summed E-state index contributed by atoms with van der Waals surface area (Å²) in [5.41, 5.74) is 0. The Bertz CT molecular complexity index is 1420. The van der Waals surface area contributed by atoms with E-state index in [1.807, 2.05) is 27.2 Å². The van der Waals surface area contributed by atoms with Gasteiger partial charge in [-0.25, -0.2) is 0 Å². The van der Waals surface area contributed by atoms with Gasteiger partial charge >= 0.3 is 0 Å². The fourth-order valence-corrected chi connectivity index (χ4v) is 9.61. The molecule has 0 heterocycles. The fraction of sp³-hybridized carbons (Fsp3) is 0.797. The summed E-state index contributed by atoms with van der Waals surface area (Å²) in [5.74, 6) is -0.196. The molecular weight excluding hydrogens is 924 g/mol. The van der Waals surface area contributed by atoms with Gasteiger partial charge in [0.25, 0.3) is 7.82 Å². The molecule has 0 aliphatic heterocycles. The molecule has 3 unspecified atom stereocenters. The van der Waals surface area contributed by atoms with Crippen molar-refractivity contribution in [1.29, 1.82) is 0 Å². The molecule has 0 saturated heterocycles. The fourth-order valence-electron chi connectivity index (χ4n) is 8.89. The molecular formula is C64H119N2O6P. The van der Waals surface area contributed by atoms with Crippen LogP contribution < -0.4 is 10.2 Å². The van der Waals surface area contributed by atoms with Gasteiger partial charge in [0.15, 0.2) is 0 Å². The highest BCUT2D eigenvalue weighted by molar-refractivity contribution is 7.45. The third-order valence-corrected chi connectivity index (χ3v) is 14.6. The minimum absolute atomic E-state index is 0.00163. The van der Waals surface area contributed by atoms with Crippen LogP contribution in [0.25, 0.3) is 0 Å². The van der Waals surface area contributed by atoms with Crippen LogP contribution >= 0.6 is 7.82 Å². The zero-order chi connectivity index (χ0) is 53.5. The Labute approximate surface area is 453 Å². The van der Waals surface area contributed by atoms with Gasteiger partial charge in [-0.15, -0.1) is 0 Å². The molecule has 73 heavy (non-hydrogen) atoms. The number of carbonyl (C=O) groups excluding carboxylic acids is 1. The van der Waals surface area contributed by atoms with Gasteiger partial charge in [0.05, 0.1) is 39.9 Å². The predicted octanol–water partition coefficient (Wildman–Crippen LogP) is 18.4. The molecule has 0 aromatic heterocycles. The molecule has 0 bridgehead atoms. The smallest absolute Gasteiger partial charge is 0.268 e. The number of phosphoric ester groups is 1. The Kier molecular flexibility index (Phi) is 53.2. The number of phosphoric acid groups is 1. The average molecular weight is 1040 g/mol. The first kappa shape index (κ1) is 70.9. The molecule has 8 nitrogen and oxygen atoms in total. The van der Waals surface area contributed by atoms with Crippen LogP contribution in [0.2, 0.25) is 0 Å². The minimum Gasteiger partial charge on any atom is -0.756 e. The van der Waals surface area contributed by atoms with E-state index in [9.17, 15) is 19.4 Å².